The van der Waals surface area contributed by atoms with Gasteiger partial charge in [0.25, 0.3) is 0 Å². The molecule has 4 nitrogen and oxygen atoms in total. The Bertz CT molecular complexity index is 226. The summed E-state index contributed by atoms with van der Waals surface area (Å²) in [6, 6.07) is 0. The van der Waals surface area contributed by atoms with Crippen molar-refractivity contribution in [2.24, 2.45) is 0 Å². The standard InChI is InChI=1S/C9H16N4/c1-2-6-12(7-3-1)8-9-13-10-4-5-11-13/h4-5H,1-3,6-9H2. The molecule has 4 heteroatoms. The fraction of sp³-hybridized carbons (Fsp3) is 0.778. The zero-order chi connectivity index (χ0) is 8.93. The van der Waals surface area contributed by atoms with Gasteiger partial charge in [0.2, 0.25) is 0 Å². The van der Waals surface area contributed by atoms with E-state index < -0.39 is 0 Å². The molecule has 0 aliphatic carbocycles. The largest absolute Gasteiger partial charge is 0.301 e. The van der Waals surface area contributed by atoms with Crippen molar-refractivity contribution >= 4 is 0 Å². The van der Waals surface area contributed by atoms with Crippen molar-refractivity contribution in [2.75, 3.05) is 19.6 Å². The molecule has 0 N–H and O–H groups in total. The van der Waals surface area contributed by atoms with Gasteiger partial charge in [-0.05, 0) is 25.9 Å². The Morgan fingerprint density at radius 3 is 2.31 bits per heavy atom. The van der Waals surface area contributed by atoms with Gasteiger partial charge in [0, 0.05) is 6.54 Å². The Kier molecular flexibility index (Phi) is 2.92. The van der Waals surface area contributed by atoms with Gasteiger partial charge in [-0.25, -0.2) is 0 Å². The topological polar surface area (TPSA) is 34.0 Å². The first-order valence-electron chi connectivity index (χ1n) is 5.01. The van der Waals surface area contributed by atoms with Gasteiger partial charge in [-0.2, -0.15) is 15.0 Å². The maximum Gasteiger partial charge on any atom is 0.0734 e. The minimum absolute atomic E-state index is 0.924. The average Bonchev–Trinajstić information content (AvgIpc) is 2.69. The number of piperidine rings is 1. The van der Waals surface area contributed by atoms with Crippen molar-refractivity contribution in [3.05, 3.63) is 12.4 Å². The Hall–Kier alpha value is -0.900. The van der Waals surface area contributed by atoms with Crippen LogP contribution >= 0.6 is 0 Å². The number of hydrogen-bond acceptors (Lipinski definition) is 3. The summed E-state index contributed by atoms with van der Waals surface area (Å²) in [4.78, 5) is 4.25. The summed E-state index contributed by atoms with van der Waals surface area (Å²) in [5.74, 6) is 0. The van der Waals surface area contributed by atoms with Gasteiger partial charge in [-0.15, -0.1) is 0 Å². The van der Waals surface area contributed by atoms with Crippen LogP contribution in [0.25, 0.3) is 0 Å². The van der Waals surface area contributed by atoms with Crippen molar-refractivity contribution in [2.45, 2.75) is 25.8 Å². The van der Waals surface area contributed by atoms with E-state index in [1.165, 1.54) is 32.4 Å². The van der Waals surface area contributed by atoms with Crippen molar-refractivity contribution < 1.29 is 0 Å². The summed E-state index contributed by atoms with van der Waals surface area (Å²) in [6.45, 7) is 4.52. The Morgan fingerprint density at radius 1 is 0.923 bits per heavy atom. The van der Waals surface area contributed by atoms with E-state index in [1.54, 1.807) is 17.2 Å². The molecule has 72 valence electrons. The number of likely N-dealkylation sites (tertiary alicyclic amines) is 1. The average molecular weight is 180 g/mol. The highest BCUT2D eigenvalue weighted by Gasteiger charge is 2.09. The Balaban J connectivity index is 1.72. The predicted octanol–water partition coefficient (Wildman–Crippen LogP) is 0.764. The second kappa shape index (κ2) is 4.37. The molecular weight excluding hydrogens is 164 g/mol. The maximum absolute atomic E-state index is 4.08. The van der Waals surface area contributed by atoms with Crippen LogP contribution in [0, 0.1) is 0 Å². The molecule has 0 unspecified atom stereocenters. The molecule has 0 saturated carbocycles. The number of aromatic nitrogens is 3. The zero-order valence-corrected chi connectivity index (χ0v) is 7.89. The predicted molar refractivity (Wildman–Crippen MR) is 50.3 cm³/mol. The highest BCUT2D eigenvalue weighted by atomic mass is 15.5. The molecule has 1 aromatic rings. The third-order valence-electron chi connectivity index (χ3n) is 2.53. The molecule has 1 saturated heterocycles. The van der Waals surface area contributed by atoms with Gasteiger partial charge in [-0.3, -0.25) is 0 Å². The Labute approximate surface area is 78.5 Å². The second-order valence-corrected chi connectivity index (χ2v) is 3.53. The monoisotopic (exact) mass is 180 g/mol. The number of hydrogen-bond donors (Lipinski definition) is 0. The summed E-state index contributed by atoms with van der Waals surface area (Å²) in [7, 11) is 0. The lowest BCUT2D eigenvalue weighted by Crippen LogP contribution is -2.32. The van der Waals surface area contributed by atoms with Crippen LogP contribution < -0.4 is 0 Å². The Morgan fingerprint density at radius 2 is 1.62 bits per heavy atom. The van der Waals surface area contributed by atoms with E-state index in [4.69, 9.17) is 0 Å². The van der Waals surface area contributed by atoms with E-state index in [0.717, 1.165) is 13.1 Å². The molecule has 0 bridgehead atoms. The molecule has 2 rings (SSSR count). The van der Waals surface area contributed by atoms with Gasteiger partial charge in [0.05, 0.1) is 18.9 Å². The van der Waals surface area contributed by atoms with Crippen molar-refractivity contribution in [1.29, 1.82) is 0 Å². The van der Waals surface area contributed by atoms with Crippen LogP contribution in [0.3, 0.4) is 0 Å². The van der Waals surface area contributed by atoms with Crippen LogP contribution in [0.1, 0.15) is 19.3 Å². The van der Waals surface area contributed by atoms with Gasteiger partial charge in [0.1, 0.15) is 0 Å². The molecule has 0 atom stereocenters. The van der Waals surface area contributed by atoms with Crippen molar-refractivity contribution in [1.82, 2.24) is 19.9 Å². The minimum Gasteiger partial charge on any atom is -0.301 e. The lowest BCUT2D eigenvalue weighted by atomic mass is 10.1. The lowest BCUT2D eigenvalue weighted by molar-refractivity contribution is 0.214. The van der Waals surface area contributed by atoms with E-state index in [1.807, 2.05) is 0 Å². The SMILES string of the molecule is c1cnn(CCN2CCCCC2)n1. The summed E-state index contributed by atoms with van der Waals surface area (Å²) in [5, 5.41) is 8.16. The normalized spacial score (nSPS) is 19.1. The number of nitrogens with zero attached hydrogens (tertiary/aromatic N) is 4. The van der Waals surface area contributed by atoms with E-state index in [-0.39, 0.29) is 0 Å². The van der Waals surface area contributed by atoms with Crippen LogP contribution in [-0.2, 0) is 6.54 Å². The molecule has 2 heterocycles. The van der Waals surface area contributed by atoms with Crippen LogP contribution in [0.5, 0.6) is 0 Å². The van der Waals surface area contributed by atoms with Gasteiger partial charge in [0.15, 0.2) is 0 Å². The van der Waals surface area contributed by atoms with E-state index in [0.29, 0.717) is 0 Å². The summed E-state index contributed by atoms with van der Waals surface area (Å²) in [6.07, 6.45) is 7.57. The van der Waals surface area contributed by atoms with Crippen molar-refractivity contribution in [3.8, 4) is 0 Å². The first-order valence-corrected chi connectivity index (χ1v) is 5.01. The molecule has 1 aromatic heterocycles. The maximum atomic E-state index is 4.08. The third kappa shape index (κ3) is 2.52. The molecule has 1 fully saturated rings. The molecule has 1 aliphatic heterocycles. The van der Waals surface area contributed by atoms with Gasteiger partial charge < -0.3 is 4.90 Å². The summed E-state index contributed by atoms with van der Waals surface area (Å²) < 4.78 is 0. The fourth-order valence-electron chi connectivity index (χ4n) is 1.77. The molecule has 0 amide bonds. The molecule has 0 spiro atoms. The highest BCUT2D eigenvalue weighted by Crippen LogP contribution is 2.07. The van der Waals surface area contributed by atoms with Gasteiger partial charge >= 0.3 is 0 Å². The van der Waals surface area contributed by atoms with Crippen LogP contribution in [-0.4, -0.2) is 39.5 Å². The van der Waals surface area contributed by atoms with Crippen LogP contribution in [0.4, 0.5) is 0 Å². The smallest absolute Gasteiger partial charge is 0.0734 e. The fourth-order valence-corrected chi connectivity index (χ4v) is 1.77. The quantitative estimate of drug-likeness (QED) is 0.688. The first-order chi connectivity index (χ1) is 6.45. The lowest BCUT2D eigenvalue weighted by Gasteiger charge is -2.25. The van der Waals surface area contributed by atoms with Gasteiger partial charge in [-0.1, -0.05) is 6.42 Å². The number of rotatable bonds is 3. The molecule has 13 heavy (non-hydrogen) atoms. The summed E-state index contributed by atoms with van der Waals surface area (Å²) >= 11 is 0. The van der Waals surface area contributed by atoms with E-state index in [9.17, 15) is 0 Å². The third-order valence-corrected chi connectivity index (χ3v) is 2.53. The van der Waals surface area contributed by atoms with E-state index in [2.05, 4.69) is 15.1 Å². The van der Waals surface area contributed by atoms with Crippen LogP contribution in [0.15, 0.2) is 12.4 Å². The molecule has 1 aliphatic rings. The van der Waals surface area contributed by atoms with Crippen molar-refractivity contribution in [3.63, 3.8) is 0 Å². The van der Waals surface area contributed by atoms with E-state index >= 15 is 0 Å². The van der Waals surface area contributed by atoms with Crippen LogP contribution in [0.2, 0.25) is 0 Å². The molecule has 0 radical (unpaired) electrons. The second-order valence-electron chi connectivity index (χ2n) is 3.53. The summed E-state index contributed by atoms with van der Waals surface area (Å²) in [5.41, 5.74) is 0. The zero-order valence-electron chi connectivity index (χ0n) is 7.89. The molecular formula is C9H16N4. The first kappa shape index (κ1) is 8.69. The minimum atomic E-state index is 0.924. The molecule has 0 aromatic carbocycles. The highest BCUT2D eigenvalue weighted by molar-refractivity contribution is 4.65.